The van der Waals surface area contributed by atoms with Crippen LogP contribution in [0.25, 0.3) is 0 Å². The highest BCUT2D eigenvalue weighted by atomic mass is 16.5. The molecule has 1 saturated carbocycles. The van der Waals surface area contributed by atoms with Crippen molar-refractivity contribution in [2.45, 2.75) is 70.4 Å². The van der Waals surface area contributed by atoms with Crippen LogP contribution in [0.1, 0.15) is 70.4 Å². The van der Waals surface area contributed by atoms with Gasteiger partial charge in [-0.1, -0.05) is 44.9 Å². The Bertz CT molecular complexity index is 462. The normalized spacial score (nSPS) is 31.7. The molecule has 1 aliphatic heterocycles. The maximum absolute atomic E-state index is 6.52. The Labute approximate surface area is 129 Å². The van der Waals surface area contributed by atoms with E-state index in [1.807, 2.05) is 0 Å². The third-order valence-electron chi connectivity index (χ3n) is 5.36. The van der Waals surface area contributed by atoms with Crippen molar-refractivity contribution in [3.8, 4) is 5.75 Å². The Kier molecular flexibility index (Phi) is 4.54. The van der Waals surface area contributed by atoms with Gasteiger partial charge >= 0.3 is 0 Å². The van der Waals surface area contributed by atoms with Gasteiger partial charge in [-0.2, -0.15) is 0 Å². The van der Waals surface area contributed by atoms with E-state index >= 15 is 0 Å². The Morgan fingerprint density at radius 2 is 1.95 bits per heavy atom. The fourth-order valence-electron chi connectivity index (χ4n) is 4.25. The predicted octanol–water partition coefficient (Wildman–Crippen LogP) is 4.85. The highest BCUT2D eigenvalue weighted by Crippen LogP contribution is 2.47. The van der Waals surface area contributed by atoms with Crippen molar-refractivity contribution in [1.82, 2.24) is 5.32 Å². The molecule has 1 unspecified atom stereocenters. The second-order valence-corrected chi connectivity index (χ2v) is 6.87. The van der Waals surface area contributed by atoms with E-state index in [4.69, 9.17) is 4.74 Å². The molecule has 1 spiro atoms. The molecule has 1 aromatic carbocycles. The Morgan fingerprint density at radius 1 is 1.19 bits per heavy atom. The summed E-state index contributed by atoms with van der Waals surface area (Å²) < 4.78 is 6.52. The Morgan fingerprint density at radius 3 is 2.67 bits per heavy atom. The lowest BCUT2D eigenvalue weighted by Gasteiger charge is -2.46. The van der Waals surface area contributed by atoms with E-state index in [1.165, 1.54) is 44.1 Å². The van der Waals surface area contributed by atoms with Crippen molar-refractivity contribution >= 4 is 0 Å². The molecule has 0 saturated heterocycles. The average molecular weight is 287 g/mol. The van der Waals surface area contributed by atoms with Gasteiger partial charge in [0.1, 0.15) is 11.4 Å². The molecule has 21 heavy (non-hydrogen) atoms. The first-order chi connectivity index (χ1) is 10.3. The summed E-state index contributed by atoms with van der Waals surface area (Å²) in [5.74, 6) is 2.04. The zero-order valence-electron chi connectivity index (χ0n) is 13.5. The van der Waals surface area contributed by atoms with E-state index in [0.717, 1.165) is 24.6 Å². The summed E-state index contributed by atoms with van der Waals surface area (Å²) in [7, 11) is 0. The van der Waals surface area contributed by atoms with Crippen molar-refractivity contribution in [2.75, 3.05) is 6.54 Å². The molecule has 1 aliphatic carbocycles. The van der Waals surface area contributed by atoms with Gasteiger partial charge < -0.3 is 10.1 Å². The van der Waals surface area contributed by atoms with Crippen LogP contribution in [0.15, 0.2) is 24.3 Å². The van der Waals surface area contributed by atoms with Crippen molar-refractivity contribution in [3.05, 3.63) is 29.8 Å². The van der Waals surface area contributed by atoms with E-state index in [1.54, 1.807) is 0 Å². The van der Waals surface area contributed by atoms with E-state index in [2.05, 4.69) is 43.4 Å². The number of fused-ring (bicyclic) bond motifs is 1. The summed E-state index contributed by atoms with van der Waals surface area (Å²) in [6, 6.07) is 9.06. The maximum atomic E-state index is 6.52. The average Bonchev–Trinajstić information content (AvgIpc) is 2.50. The molecule has 1 atom stereocenters. The predicted molar refractivity (Wildman–Crippen MR) is 87.7 cm³/mol. The monoisotopic (exact) mass is 287 g/mol. The quantitative estimate of drug-likeness (QED) is 0.855. The van der Waals surface area contributed by atoms with Gasteiger partial charge in [0.2, 0.25) is 0 Å². The van der Waals surface area contributed by atoms with E-state index in [-0.39, 0.29) is 5.60 Å². The molecule has 1 heterocycles. The van der Waals surface area contributed by atoms with E-state index in [0.29, 0.717) is 6.04 Å². The van der Waals surface area contributed by atoms with Gasteiger partial charge in [0.15, 0.2) is 0 Å². The molecule has 3 rings (SSSR count). The number of para-hydroxylation sites is 1. The van der Waals surface area contributed by atoms with Gasteiger partial charge in [-0.05, 0) is 44.2 Å². The van der Waals surface area contributed by atoms with Crippen LogP contribution in [-0.2, 0) is 0 Å². The van der Waals surface area contributed by atoms with Crippen molar-refractivity contribution in [3.63, 3.8) is 0 Å². The lowest BCUT2D eigenvalue weighted by atomic mass is 9.72. The summed E-state index contributed by atoms with van der Waals surface area (Å²) in [6.07, 6.45) is 8.99. The molecule has 0 aromatic heterocycles. The highest BCUT2D eigenvalue weighted by Gasteiger charge is 2.43. The second-order valence-electron chi connectivity index (χ2n) is 6.87. The summed E-state index contributed by atoms with van der Waals surface area (Å²) in [5.41, 5.74) is 1.44. The van der Waals surface area contributed by atoms with E-state index < -0.39 is 0 Å². The number of benzene rings is 1. The van der Waals surface area contributed by atoms with Crippen LogP contribution in [0.2, 0.25) is 0 Å². The molecule has 2 nitrogen and oxygen atoms in total. The first-order valence-corrected chi connectivity index (χ1v) is 8.77. The van der Waals surface area contributed by atoms with Crippen molar-refractivity contribution in [1.29, 1.82) is 0 Å². The van der Waals surface area contributed by atoms with Crippen LogP contribution in [0, 0.1) is 5.92 Å². The number of nitrogens with one attached hydrogen (secondary N) is 1. The Balaban J connectivity index is 1.77. The van der Waals surface area contributed by atoms with Gasteiger partial charge in [-0.25, -0.2) is 0 Å². The summed E-state index contributed by atoms with van der Waals surface area (Å²) in [5, 5.41) is 3.67. The lowest BCUT2D eigenvalue weighted by Crippen LogP contribution is -2.46. The molecule has 1 fully saturated rings. The number of hydrogen-bond donors (Lipinski definition) is 1. The fourth-order valence-corrected chi connectivity index (χ4v) is 4.25. The first-order valence-electron chi connectivity index (χ1n) is 8.77. The maximum Gasteiger partial charge on any atom is 0.124 e. The van der Waals surface area contributed by atoms with Gasteiger partial charge in [0.05, 0.1) is 0 Å². The zero-order valence-corrected chi connectivity index (χ0v) is 13.5. The zero-order chi connectivity index (χ0) is 14.7. The van der Waals surface area contributed by atoms with Gasteiger partial charge in [-0.15, -0.1) is 0 Å². The topological polar surface area (TPSA) is 21.3 Å². The van der Waals surface area contributed by atoms with Crippen LogP contribution in [-0.4, -0.2) is 12.1 Å². The van der Waals surface area contributed by atoms with Crippen LogP contribution in [0.4, 0.5) is 0 Å². The highest BCUT2D eigenvalue weighted by molar-refractivity contribution is 5.39. The van der Waals surface area contributed by atoms with Gasteiger partial charge in [-0.3, -0.25) is 0 Å². The molecular formula is C19H29NO. The second kappa shape index (κ2) is 6.39. The van der Waals surface area contributed by atoms with Gasteiger partial charge in [0, 0.05) is 18.0 Å². The number of ether oxygens (including phenoxy) is 1. The summed E-state index contributed by atoms with van der Waals surface area (Å²) in [6.45, 7) is 5.52. The minimum absolute atomic E-state index is 0.0887. The number of rotatable bonds is 4. The molecule has 0 bridgehead atoms. The molecule has 0 amide bonds. The number of hydrogen-bond acceptors (Lipinski definition) is 2. The minimum Gasteiger partial charge on any atom is -0.487 e. The van der Waals surface area contributed by atoms with Crippen molar-refractivity contribution < 1.29 is 4.74 Å². The summed E-state index contributed by atoms with van der Waals surface area (Å²) in [4.78, 5) is 0. The fraction of sp³-hybridized carbons (Fsp3) is 0.684. The Hall–Kier alpha value is -1.02. The van der Waals surface area contributed by atoms with Crippen LogP contribution in [0.5, 0.6) is 5.75 Å². The molecule has 1 aromatic rings. The minimum atomic E-state index is 0.0887. The van der Waals surface area contributed by atoms with Gasteiger partial charge in [0.25, 0.3) is 0 Å². The first kappa shape index (κ1) is 14.9. The molecule has 0 radical (unpaired) electrons. The molecular weight excluding hydrogens is 258 g/mol. The lowest BCUT2D eigenvalue weighted by molar-refractivity contribution is -0.0154. The summed E-state index contributed by atoms with van der Waals surface area (Å²) >= 11 is 0. The molecule has 116 valence electrons. The SMILES string of the molecule is CCCC1CCC2(CC1)CC(NCC)c1ccccc1O2. The third kappa shape index (κ3) is 3.11. The smallest absolute Gasteiger partial charge is 0.124 e. The van der Waals surface area contributed by atoms with Crippen molar-refractivity contribution in [2.24, 2.45) is 5.92 Å². The standard InChI is InChI=1S/C19H29NO/c1-3-7-15-10-12-19(13-11-15)14-17(20-4-2)16-8-5-6-9-18(16)21-19/h5-6,8-9,15,17,20H,3-4,7,10-14H2,1-2H3. The largest absolute Gasteiger partial charge is 0.487 e. The third-order valence-corrected chi connectivity index (χ3v) is 5.36. The molecule has 1 N–H and O–H groups in total. The van der Waals surface area contributed by atoms with Crippen LogP contribution < -0.4 is 10.1 Å². The van der Waals surface area contributed by atoms with Crippen LogP contribution in [0.3, 0.4) is 0 Å². The van der Waals surface area contributed by atoms with Crippen LogP contribution >= 0.6 is 0 Å². The molecule has 2 aliphatic rings. The van der Waals surface area contributed by atoms with E-state index in [9.17, 15) is 0 Å². The molecule has 2 heteroatoms.